The molecule has 10 heteroatoms. The number of nitrogens with one attached hydrogen (secondary N) is 2. The number of hydrogen-bond donors (Lipinski definition) is 4. The Morgan fingerprint density at radius 3 is 2.67 bits per heavy atom. The van der Waals surface area contributed by atoms with Crippen molar-refractivity contribution in [1.82, 2.24) is 9.88 Å². The molecule has 0 radical (unpaired) electrons. The van der Waals surface area contributed by atoms with E-state index in [9.17, 15) is 14.7 Å². The summed E-state index contributed by atoms with van der Waals surface area (Å²) in [6.07, 6.45) is 1.56. The van der Waals surface area contributed by atoms with E-state index in [2.05, 4.69) is 26.2 Å². The maximum Gasteiger partial charge on any atom is 0.255 e. The van der Waals surface area contributed by atoms with E-state index in [1.807, 2.05) is 0 Å². The molecular formula is C29H30BrFN4O4. The summed E-state index contributed by atoms with van der Waals surface area (Å²) >= 11 is 3.49. The number of aliphatic hydroxyl groups is 1. The van der Waals surface area contributed by atoms with Crippen molar-refractivity contribution in [3.8, 4) is 5.75 Å². The molecule has 1 amide bonds. The van der Waals surface area contributed by atoms with Gasteiger partial charge in [-0.1, -0.05) is 28.9 Å². The summed E-state index contributed by atoms with van der Waals surface area (Å²) < 4.78 is 22.0. The van der Waals surface area contributed by atoms with Gasteiger partial charge in [0.1, 0.15) is 17.6 Å². The highest BCUT2D eigenvalue weighted by Crippen LogP contribution is 2.34. The number of nitrogens with two attached hydrogens (primary N) is 1. The van der Waals surface area contributed by atoms with Crippen molar-refractivity contribution in [3.05, 3.63) is 98.1 Å². The van der Waals surface area contributed by atoms with Crippen molar-refractivity contribution in [2.45, 2.75) is 25.4 Å². The Morgan fingerprint density at radius 1 is 1.18 bits per heavy atom. The maximum absolute atomic E-state index is 15.7. The number of ether oxygens (including phenoxy) is 1. The molecule has 0 saturated heterocycles. The second-order valence-electron chi connectivity index (χ2n) is 9.43. The number of aromatic nitrogens is 1. The molecule has 1 unspecified atom stereocenters. The lowest BCUT2D eigenvalue weighted by molar-refractivity contribution is -0.131. The quantitative estimate of drug-likeness (QED) is 0.203. The minimum absolute atomic E-state index is 0.0614. The molecule has 39 heavy (non-hydrogen) atoms. The summed E-state index contributed by atoms with van der Waals surface area (Å²) in [7, 11) is 3.07. The first kappa shape index (κ1) is 28.1. The zero-order chi connectivity index (χ0) is 28.3. The smallest absolute Gasteiger partial charge is 0.255 e. The number of aliphatic hydroxyl groups excluding tert-OH is 1. The number of nitrogen functional groups attached to an aromatic ring is 1. The van der Waals surface area contributed by atoms with Gasteiger partial charge in [0.25, 0.3) is 5.56 Å². The topological polar surface area (TPSA) is 121 Å². The summed E-state index contributed by atoms with van der Waals surface area (Å²) in [5, 5.41) is 13.9. The number of carbonyl (C=O) groups is 1. The number of aromatic amines is 1. The van der Waals surface area contributed by atoms with Crippen LogP contribution in [-0.4, -0.2) is 41.7 Å². The van der Waals surface area contributed by atoms with Gasteiger partial charge in [-0.15, -0.1) is 0 Å². The van der Waals surface area contributed by atoms with Gasteiger partial charge >= 0.3 is 0 Å². The Morgan fingerprint density at radius 2 is 1.95 bits per heavy atom. The van der Waals surface area contributed by atoms with Crippen molar-refractivity contribution < 1.29 is 19.0 Å². The SMILES string of the molecule is COc1cc(C(Nc2ccc3cc[nH]c(=O)c3c2)C(=O)N(C)Cc2cc(N)ccc2Br)c(F)cc1[C@@H](C)CO. The first-order valence-corrected chi connectivity index (χ1v) is 13.1. The third kappa shape index (κ3) is 6.07. The number of H-pyrrole nitrogens is 1. The van der Waals surface area contributed by atoms with Crippen LogP contribution in [0, 0.1) is 5.82 Å². The molecule has 3 aromatic carbocycles. The van der Waals surface area contributed by atoms with Crippen LogP contribution in [0.25, 0.3) is 10.8 Å². The largest absolute Gasteiger partial charge is 0.496 e. The standard InChI is InChI=1S/C29H30BrFN4O4/c1-16(15-36)21-12-25(31)23(13-26(21)39-3)27(29(38)35(2)14-18-10-19(32)5-7-24(18)30)34-20-6-4-17-8-9-33-28(37)22(17)11-20/h4-13,16,27,34,36H,14-15,32H2,1-3H3,(H,33,37)/t16-,27?/m0/s1. The zero-order valence-electron chi connectivity index (χ0n) is 21.8. The van der Waals surface area contributed by atoms with E-state index in [-0.39, 0.29) is 30.2 Å². The van der Waals surface area contributed by atoms with Crippen LogP contribution in [0.15, 0.2) is 70.1 Å². The van der Waals surface area contributed by atoms with Gasteiger partial charge in [-0.3, -0.25) is 9.59 Å². The Labute approximate surface area is 233 Å². The van der Waals surface area contributed by atoms with E-state index in [4.69, 9.17) is 10.5 Å². The zero-order valence-corrected chi connectivity index (χ0v) is 23.4. The fourth-order valence-corrected chi connectivity index (χ4v) is 4.82. The lowest BCUT2D eigenvalue weighted by Crippen LogP contribution is -2.35. The number of nitrogens with zero attached hydrogens (tertiary/aromatic N) is 1. The molecule has 1 heterocycles. The molecule has 4 aromatic rings. The molecule has 0 bridgehead atoms. The third-order valence-electron chi connectivity index (χ3n) is 6.65. The number of halogens is 2. The number of fused-ring (bicyclic) bond motifs is 1. The molecule has 204 valence electrons. The van der Waals surface area contributed by atoms with E-state index < -0.39 is 17.8 Å². The summed E-state index contributed by atoms with van der Waals surface area (Å²) in [5.41, 5.74) is 8.01. The van der Waals surface area contributed by atoms with Gasteiger partial charge in [-0.05, 0) is 59.5 Å². The number of methoxy groups -OCH3 is 1. The van der Waals surface area contributed by atoms with Crippen LogP contribution in [0.3, 0.4) is 0 Å². The normalized spacial score (nSPS) is 12.7. The highest BCUT2D eigenvalue weighted by Gasteiger charge is 2.29. The van der Waals surface area contributed by atoms with Gasteiger partial charge in [-0.2, -0.15) is 0 Å². The monoisotopic (exact) mass is 596 g/mol. The number of hydrogen-bond acceptors (Lipinski definition) is 6. The molecule has 4 rings (SSSR count). The van der Waals surface area contributed by atoms with Gasteiger partial charge in [0.05, 0.1) is 7.11 Å². The number of benzene rings is 3. The number of anilines is 2. The number of likely N-dealkylation sites (N-methyl/N-ethyl adjacent to an activating group) is 1. The highest BCUT2D eigenvalue weighted by atomic mass is 79.9. The number of pyridine rings is 1. The Hall–Kier alpha value is -3.89. The van der Waals surface area contributed by atoms with Crippen LogP contribution < -0.4 is 21.3 Å². The Kier molecular flexibility index (Phi) is 8.57. The first-order valence-electron chi connectivity index (χ1n) is 12.3. The van der Waals surface area contributed by atoms with Crippen molar-refractivity contribution in [1.29, 1.82) is 0 Å². The average molecular weight is 597 g/mol. The van der Waals surface area contributed by atoms with Gasteiger partial charge in [0.2, 0.25) is 5.91 Å². The predicted molar refractivity (Wildman–Crippen MR) is 154 cm³/mol. The fraction of sp³-hybridized carbons (Fsp3) is 0.241. The number of carbonyl (C=O) groups excluding carboxylic acids is 1. The molecule has 2 atom stereocenters. The molecule has 8 nitrogen and oxygen atoms in total. The Bertz CT molecular complexity index is 1580. The van der Waals surface area contributed by atoms with Crippen LogP contribution in [0.1, 0.15) is 35.6 Å². The maximum atomic E-state index is 15.7. The van der Waals surface area contributed by atoms with Crippen molar-refractivity contribution in [2.75, 3.05) is 31.8 Å². The minimum atomic E-state index is -1.16. The molecule has 1 aromatic heterocycles. The number of amides is 1. The average Bonchev–Trinajstić information content (AvgIpc) is 2.93. The van der Waals surface area contributed by atoms with Crippen LogP contribution in [0.5, 0.6) is 5.75 Å². The molecule has 0 aliphatic rings. The van der Waals surface area contributed by atoms with E-state index in [1.54, 1.807) is 62.6 Å². The van der Waals surface area contributed by atoms with E-state index in [0.717, 1.165) is 15.4 Å². The molecule has 0 saturated carbocycles. The summed E-state index contributed by atoms with van der Waals surface area (Å²) in [5.74, 6) is -1.07. The second-order valence-corrected chi connectivity index (χ2v) is 10.3. The fourth-order valence-electron chi connectivity index (χ4n) is 4.45. The number of rotatable bonds is 9. The lowest BCUT2D eigenvalue weighted by atomic mass is 9.95. The first-order chi connectivity index (χ1) is 18.6. The van der Waals surface area contributed by atoms with Crippen LogP contribution in [0.2, 0.25) is 0 Å². The highest BCUT2D eigenvalue weighted by molar-refractivity contribution is 9.10. The van der Waals surface area contributed by atoms with E-state index in [1.165, 1.54) is 24.1 Å². The third-order valence-corrected chi connectivity index (χ3v) is 7.43. The molecule has 5 N–H and O–H groups in total. The van der Waals surface area contributed by atoms with Gasteiger partial charge in [0.15, 0.2) is 0 Å². The summed E-state index contributed by atoms with van der Waals surface area (Å²) in [6.45, 7) is 1.76. The second kappa shape index (κ2) is 11.9. The van der Waals surface area contributed by atoms with Gasteiger partial charge < -0.3 is 30.8 Å². The van der Waals surface area contributed by atoms with Crippen molar-refractivity contribution in [3.63, 3.8) is 0 Å². The molecular weight excluding hydrogens is 567 g/mol. The van der Waals surface area contributed by atoms with Crippen LogP contribution in [-0.2, 0) is 11.3 Å². The molecule has 0 fully saturated rings. The molecule has 0 aliphatic carbocycles. The molecule has 0 spiro atoms. The Balaban J connectivity index is 1.78. The van der Waals surface area contributed by atoms with Crippen LogP contribution in [0.4, 0.5) is 15.8 Å². The van der Waals surface area contributed by atoms with Crippen LogP contribution >= 0.6 is 15.9 Å². The van der Waals surface area contributed by atoms with E-state index in [0.29, 0.717) is 28.1 Å². The van der Waals surface area contributed by atoms with Crippen molar-refractivity contribution in [2.24, 2.45) is 0 Å². The lowest BCUT2D eigenvalue weighted by Gasteiger charge is -2.27. The van der Waals surface area contributed by atoms with Gasteiger partial charge in [-0.25, -0.2) is 4.39 Å². The minimum Gasteiger partial charge on any atom is -0.496 e. The van der Waals surface area contributed by atoms with E-state index >= 15 is 4.39 Å². The summed E-state index contributed by atoms with van der Waals surface area (Å²) in [4.78, 5) is 30.4. The van der Waals surface area contributed by atoms with Gasteiger partial charge in [0, 0.05) is 64.7 Å². The van der Waals surface area contributed by atoms with Crippen molar-refractivity contribution >= 4 is 44.0 Å². The molecule has 0 aliphatic heterocycles. The summed E-state index contributed by atoms with van der Waals surface area (Å²) in [6, 6.07) is 13.8. The predicted octanol–water partition coefficient (Wildman–Crippen LogP) is 4.93.